The minimum absolute atomic E-state index is 0.688. The molecule has 2 N–H and O–H groups in total. The van der Waals surface area contributed by atoms with Gasteiger partial charge >= 0.3 is 0 Å². The van der Waals surface area contributed by atoms with Crippen molar-refractivity contribution in [1.29, 1.82) is 0 Å². The molecule has 5 nitrogen and oxygen atoms in total. The van der Waals surface area contributed by atoms with Crippen LogP contribution in [0.1, 0.15) is 11.3 Å². The zero-order valence-electron chi connectivity index (χ0n) is 13.5. The van der Waals surface area contributed by atoms with Crippen LogP contribution in [0.25, 0.3) is 10.8 Å². The highest BCUT2D eigenvalue weighted by Crippen LogP contribution is 2.15. The van der Waals surface area contributed by atoms with E-state index < -0.39 is 0 Å². The molecular formula is C18H21N5. The summed E-state index contributed by atoms with van der Waals surface area (Å²) in [4.78, 5) is 4.26. The monoisotopic (exact) mass is 307 g/mol. The molecule has 118 valence electrons. The molecule has 0 saturated heterocycles. The van der Waals surface area contributed by atoms with Gasteiger partial charge in [0.15, 0.2) is 5.96 Å². The fraction of sp³-hybridized carbons (Fsp3) is 0.222. The van der Waals surface area contributed by atoms with Crippen molar-refractivity contribution in [2.45, 2.75) is 13.1 Å². The number of nitrogens with zero attached hydrogens (tertiary/aromatic N) is 3. The molecule has 0 aliphatic carbocycles. The second-order valence-electron chi connectivity index (χ2n) is 5.41. The molecule has 3 aromatic rings. The minimum Gasteiger partial charge on any atom is -0.352 e. The van der Waals surface area contributed by atoms with Gasteiger partial charge in [-0.3, -0.25) is 9.67 Å². The third-order valence-corrected chi connectivity index (χ3v) is 3.86. The van der Waals surface area contributed by atoms with Gasteiger partial charge in [-0.2, -0.15) is 5.10 Å². The standard InChI is InChI=1S/C18H21N5/c1-19-18(21-13-17-9-10-22-23(17)2)20-12-14-7-8-15-5-3-4-6-16(15)11-14/h3-11H,12-13H2,1-2H3,(H2,19,20,21). The molecule has 3 rings (SSSR count). The maximum absolute atomic E-state index is 4.26. The maximum Gasteiger partial charge on any atom is 0.191 e. The Balaban J connectivity index is 1.59. The summed E-state index contributed by atoms with van der Waals surface area (Å²) >= 11 is 0. The van der Waals surface area contributed by atoms with E-state index in [0.717, 1.165) is 18.2 Å². The molecule has 0 saturated carbocycles. The van der Waals surface area contributed by atoms with Crippen LogP contribution in [-0.4, -0.2) is 22.8 Å². The van der Waals surface area contributed by atoms with E-state index in [2.05, 4.69) is 63.2 Å². The van der Waals surface area contributed by atoms with Gasteiger partial charge in [-0.15, -0.1) is 0 Å². The lowest BCUT2D eigenvalue weighted by Gasteiger charge is -2.12. The number of aliphatic imine (C=N–C) groups is 1. The Morgan fingerprint density at radius 1 is 1.04 bits per heavy atom. The second-order valence-corrected chi connectivity index (χ2v) is 5.41. The molecule has 0 aliphatic rings. The summed E-state index contributed by atoms with van der Waals surface area (Å²) in [7, 11) is 3.71. The smallest absolute Gasteiger partial charge is 0.191 e. The van der Waals surface area contributed by atoms with Gasteiger partial charge in [-0.25, -0.2) is 0 Å². The largest absolute Gasteiger partial charge is 0.352 e. The number of aromatic nitrogens is 2. The summed E-state index contributed by atoms with van der Waals surface area (Å²) in [6.07, 6.45) is 1.79. The van der Waals surface area contributed by atoms with Crippen LogP contribution in [0.3, 0.4) is 0 Å². The molecule has 0 bridgehead atoms. The fourth-order valence-electron chi connectivity index (χ4n) is 2.50. The Kier molecular flexibility index (Phi) is 4.57. The van der Waals surface area contributed by atoms with Crippen molar-refractivity contribution in [2.75, 3.05) is 7.05 Å². The molecule has 0 spiro atoms. The van der Waals surface area contributed by atoms with E-state index >= 15 is 0 Å². The van der Waals surface area contributed by atoms with Crippen LogP contribution in [0, 0.1) is 0 Å². The van der Waals surface area contributed by atoms with Crippen LogP contribution < -0.4 is 10.6 Å². The number of fused-ring (bicyclic) bond motifs is 1. The molecule has 0 fully saturated rings. The molecule has 1 heterocycles. The van der Waals surface area contributed by atoms with E-state index in [-0.39, 0.29) is 0 Å². The summed E-state index contributed by atoms with van der Waals surface area (Å²) in [6.45, 7) is 1.42. The Morgan fingerprint density at radius 3 is 2.57 bits per heavy atom. The first-order valence-corrected chi connectivity index (χ1v) is 7.65. The van der Waals surface area contributed by atoms with Gasteiger partial charge in [0, 0.05) is 26.8 Å². The lowest BCUT2D eigenvalue weighted by atomic mass is 10.1. The zero-order chi connectivity index (χ0) is 16.1. The van der Waals surface area contributed by atoms with Gasteiger partial charge in [0.25, 0.3) is 0 Å². The van der Waals surface area contributed by atoms with Crippen molar-refractivity contribution in [1.82, 2.24) is 20.4 Å². The zero-order valence-corrected chi connectivity index (χ0v) is 13.5. The molecule has 23 heavy (non-hydrogen) atoms. The minimum atomic E-state index is 0.688. The van der Waals surface area contributed by atoms with Crippen LogP contribution >= 0.6 is 0 Å². The van der Waals surface area contributed by atoms with Gasteiger partial charge < -0.3 is 10.6 Å². The van der Waals surface area contributed by atoms with Crippen LogP contribution in [0.5, 0.6) is 0 Å². The van der Waals surface area contributed by atoms with Gasteiger partial charge in [0.2, 0.25) is 0 Å². The van der Waals surface area contributed by atoms with Crippen molar-refractivity contribution in [3.8, 4) is 0 Å². The van der Waals surface area contributed by atoms with Crippen LogP contribution in [0.15, 0.2) is 59.7 Å². The second kappa shape index (κ2) is 6.96. The number of aryl methyl sites for hydroxylation is 1. The predicted octanol–water partition coefficient (Wildman–Crippen LogP) is 2.44. The van der Waals surface area contributed by atoms with Gasteiger partial charge in [0.1, 0.15) is 0 Å². The summed E-state index contributed by atoms with van der Waals surface area (Å²) in [6, 6.07) is 16.9. The molecule has 0 atom stereocenters. The van der Waals surface area contributed by atoms with Crippen molar-refractivity contribution < 1.29 is 0 Å². The number of guanidine groups is 1. The number of hydrogen-bond donors (Lipinski definition) is 2. The highest BCUT2D eigenvalue weighted by molar-refractivity contribution is 5.83. The molecule has 1 aromatic heterocycles. The summed E-state index contributed by atoms with van der Waals surface area (Å²) in [5.74, 6) is 0.777. The van der Waals surface area contributed by atoms with Crippen LogP contribution in [0.4, 0.5) is 0 Å². The van der Waals surface area contributed by atoms with Crippen LogP contribution in [-0.2, 0) is 20.1 Å². The van der Waals surface area contributed by atoms with E-state index in [9.17, 15) is 0 Å². The Hall–Kier alpha value is -2.82. The van der Waals surface area contributed by atoms with Gasteiger partial charge in [-0.1, -0.05) is 36.4 Å². The normalized spacial score (nSPS) is 11.7. The van der Waals surface area contributed by atoms with Crippen molar-refractivity contribution in [3.63, 3.8) is 0 Å². The third kappa shape index (κ3) is 3.69. The van der Waals surface area contributed by atoms with Crippen molar-refractivity contribution in [2.24, 2.45) is 12.0 Å². The average Bonchev–Trinajstić information content (AvgIpc) is 3.00. The topological polar surface area (TPSA) is 54.2 Å². The third-order valence-electron chi connectivity index (χ3n) is 3.86. The summed E-state index contributed by atoms with van der Waals surface area (Å²) in [5, 5.41) is 13.3. The van der Waals surface area contributed by atoms with E-state index in [4.69, 9.17) is 0 Å². The molecule has 0 unspecified atom stereocenters. The van der Waals surface area contributed by atoms with Gasteiger partial charge in [-0.05, 0) is 28.5 Å². The number of hydrogen-bond acceptors (Lipinski definition) is 2. The predicted molar refractivity (Wildman–Crippen MR) is 94.2 cm³/mol. The molecule has 0 radical (unpaired) electrons. The Bertz CT molecular complexity index is 819. The summed E-state index contributed by atoms with van der Waals surface area (Å²) in [5.41, 5.74) is 2.34. The molecule has 0 amide bonds. The molecule has 5 heteroatoms. The lowest BCUT2D eigenvalue weighted by Crippen LogP contribution is -2.36. The molecule has 0 aliphatic heterocycles. The van der Waals surface area contributed by atoms with E-state index in [1.165, 1.54) is 16.3 Å². The SMILES string of the molecule is CN=C(NCc1ccc2ccccc2c1)NCc1ccnn1C. The number of nitrogens with one attached hydrogen (secondary N) is 2. The van der Waals surface area contributed by atoms with Gasteiger partial charge in [0.05, 0.1) is 12.2 Å². The first-order valence-electron chi connectivity index (χ1n) is 7.65. The van der Waals surface area contributed by atoms with E-state index in [0.29, 0.717) is 6.54 Å². The van der Waals surface area contributed by atoms with E-state index in [1.807, 2.05) is 17.8 Å². The van der Waals surface area contributed by atoms with E-state index in [1.54, 1.807) is 13.2 Å². The Morgan fingerprint density at radius 2 is 1.83 bits per heavy atom. The fourth-order valence-corrected chi connectivity index (χ4v) is 2.50. The van der Waals surface area contributed by atoms with Crippen LogP contribution in [0.2, 0.25) is 0 Å². The first kappa shape index (κ1) is 15.1. The first-order chi connectivity index (χ1) is 11.3. The highest BCUT2D eigenvalue weighted by atomic mass is 15.3. The molecular weight excluding hydrogens is 286 g/mol. The molecule has 2 aromatic carbocycles. The lowest BCUT2D eigenvalue weighted by molar-refractivity contribution is 0.684. The maximum atomic E-state index is 4.26. The average molecular weight is 307 g/mol. The summed E-state index contributed by atoms with van der Waals surface area (Å²) < 4.78 is 1.85. The quantitative estimate of drug-likeness (QED) is 0.575. The van der Waals surface area contributed by atoms with Crippen molar-refractivity contribution >= 4 is 16.7 Å². The number of rotatable bonds is 4. The van der Waals surface area contributed by atoms with Crippen molar-refractivity contribution in [3.05, 3.63) is 66.0 Å². The Labute approximate surface area is 136 Å². The highest BCUT2D eigenvalue weighted by Gasteiger charge is 2.02. The number of benzene rings is 2.